The van der Waals surface area contributed by atoms with Crippen molar-refractivity contribution in [2.75, 3.05) is 12.4 Å². The van der Waals surface area contributed by atoms with Crippen LogP contribution in [0, 0.1) is 3.57 Å². The summed E-state index contributed by atoms with van der Waals surface area (Å²) in [6, 6.07) is 4.94. The van der Waals surface area contributed by atoms with Gasteiger partial charge in [-0.3, -0.25) is 0 Å². The molecule has 1 aromatic carbocycles. The maximum absolute atomic E-state index is 11.1. The lowest BCUT2D eigenvalue weighted by Gasteiger charge is -2.08. The molecule has 0 bridgehead atoms. The molecule has 0 unspecified atom stereocenters. The Bertz CT molecular complexity index is 417. The number of hydrogen-bond acceptors (Lipinski definition) is 3. The standard InChI is InChI=1S/C7H9IN2O2S/c1-10-7-5(8)3-2-4-6(7)13(9,11)12/h2-4,10H,1H3,(H2,9,11,12). The van der Waals surface area contributed by atoms with Crippen LogP contribution in [-0.4, -0.2) is 15.5 Å². The van der Waals surface area contributed by atoms with Gasteiger partial charge in [-0.25, -0.2) is 13.6 Å². The molecule has 0 fully saturated rings. The number of nitrogens with two attached hydrogens (primary N) is 1. The first kappa shape index (κ1) is 10.7. The van der Waals surface area contributed by atoms with E-state index in [0.29, 0.717) is 5.69 Å². The van der Waals surface area contributed by atoms with Gasteiger partial charge in [0.1, 0.15) is 4.90 Å². The number of hydrogen-bond donors (Lipinski definition) is 2. The van der Waals surface area contributed by atoms with Crippen molar-refractivity contribution in [3.05, 3.63) is 21.8 Å². The third-order valence-electron chi connectivity index (χ3n) is 1.53. The lowest BCUT2D eigenvalue weighted by molar-refractivity contribution is 0.598. The van der Waals surface area contributed by atoms with E-state index >= 15 is 0 Å². The minimum atomic E-state index is -3.64. The first-order valence-electron chi connectivity index (χ1n) is 3.46. The molecule has 1 rings (SSSR count). The van der Waals surface area contributed by atoms with Crippen LogP contribution in [0.5, 0.6) is 0 Å². The Morgan fingerprint density at radius 2 is 2.08 bits per heavy atom. The molecule has 1 aromatic rings. The molecule has 6 heteroatoms. The monoisotopic (exact) mass is 312 g/mol. The van der Waals surface area contributed by atoms with Gasteiger partial charge in [0.2, 0.25) is 10.0 Å². The van der Waals surface area contributed by atoms with Crippen LogP contribution in [-0.2, 0) is 10.0 Å². The second kappa shape index (κ2) is 3.81. The zero-order valence-corrected chi connectivity index (χ0v) is 9.89. The van der Waals surface area contributed by atoms with Gasteiger partial charge in [-0.15, -0.1) is 0 Å². The normalized spacial score (nSPS) is 11.3. The summed E-state index contributed by atoms with van der Waals surface area (Å²) in [5, 5.41) is 7.83. The van der Waals surface area contributed by atoms with Crippen molar-refractivity contribution >= 4 is 38.3 Å². The molecule has 0 heterocycles. The summed E-state index contributed by atoms with van der Waals surface area (Å²) in [6.07, 6.45) is 0. The first-order chi connectivity index (χ1) is 5.96. The van der Waals surface area contributed by atoms with E-state index in [2.05, 4.69) is 5.32 Å². The van der Waals surface area contributed by atoms with Crippen molar-refractivity contribution in [2.24, 2.45) is 5.14 Å². The van der Waals surface area contributed by atoms with Crippen molar-refractivity contribution in [1.82, 2.24) is 0 Å². The Labute approximate surface area is 90.7 Å². The van der Waals surface area contributed by atoms with E-state index in [9.17, 15) is 8.42 Å². The molecule has 72 valence electrons. The van der Waals surface area contributed by atoms with E-state index in [1.165, 1.54) is 6.07 Å². The van der Waals surface area contributed by atoms with Crippen LogP contribution in [0.1, 0.15) is 0 Å². The summed E-state index contributed by atoms with van der Waals surface area (Å²) in [5.74, 6) is 0. The van der Waals surface area contributed by atoms with Gasteiger partial charge in [-0.05, 0) is 34.7 Å². The van der Waals surface area contributed by atoms with E-state index < -0.39 is 10.0 Å². The Morgan fingerprint density at radius 3 is 2.46 bits per heavy atom. The third kappa shape index (κ3) is 2.32. The average molecular weight is 312 g/mol. The van der Waals surface area contributed by atoms with Gasteiger partial charge < -0.3 is 5.32 Å². The van der Waals surface area contributed by atoms with Gasteiger partial charge in [0.25, 0.3) is 0 Å². The van der Waals surface area contributed by atoms with Crippen LogP contribution in [0.4, 0.5) is 5.69 Å². The van der Waals surface area contributed by atoms with Crippen molar-refractivity contribution in [3.63, 3.8) is 0 Å². The van der Waals surface area contributed by atoms with Crippen molar-refractivity contribution in [1.29, 1.82) is 0 Å². The zero-order valence-electron chi connectivity index (χ0n) is 6.91. The Morgan fingerprint density at radius 1 is 1.46 bits per heavy atom. The second-order valence-corrected chi connectivity index (χ2v) is 5.10. The SMILES string of the molecule is CNc1c(I)cccc1S(N)(=O)=O. The third-order valence-corrected chi connectivity index (χ3v) is 3.38. The predicted molar refractivity (Wildman–Crippen MR) is 60.1 cm³/mol. The van der Waals surface area contributed by atoms with Crippen molar-refractivity contribution in [2.45, 2.75) is 4.90 Å². The van der Waals surface area contributed by atoms with E-state index in [1.54, 1.807) is 19.2 Å². The zero-order chi connectivity index (χ0) is 10.1. The van der Waals surface area contributed by atoms with E-state index in [-0.39, 0.29) is 4.90 Å². The summed E-state index contributed by atoms with van der Waals surface area (Å²) in [5.41, 5.74) is 0.547. The second-order valence-electron chi connectivity index (χ2n) is 2.41. The molecule has 0 saturated heterocycles. The Balaban J connectivity index is 3.47. The molecule has 0 aromatic heterocycles. The van der Waals surface area contributed by atoms with Gasteiger partial charge in [0, 0.05) is 10.6 Å². The minimum Gasteiger partial charge on any atom is -0.386 e. The smallest absolute Gasteiger partial charge is 0.240 e. The molecule has 3 N–H and O–H groups in total. The Hall–Kier alpha value is -0.340. The van der Waals surface area contributed by atoms with Crippen LogP contribution < -0.4 is 10.5 Å². The fraction of sp³-hybridized carbons (Fsp3) is 0.143. The number of primary sulfonamides is 1. The summed E-state index contributed by atoms with van der Waals surface area (Å²) >= 11 is 2.04. The highest BCUT2D eigenvalue weighted by Crippen LogP contribution is 2.25. The molecule has 0 amide bonds. The molecule has 0 aliphatic heterocycles. The lowest BCUT2D eigenvalue weighted by atomic mass is 10.3. The number of halogens is 1. The summed E-state index contributed by atoms with van der Waals surface area (Å²) in [4.78, 5) is 0.127. The summed E-state index contributed by atoms with van der Waals surface area (Å²) in [7, 11) is -1.98. The highest BCUT2D eigenvalue weighted by molar-refractivity contribution is 14.1. The number of para-hydroxylation sites is 1. The highest BCUT2D eigenvalue weighted by Gasteiger charge is 2.14. The molecule has 4 nitrogen and oxygen atoms in total. The molecule has 0 atom stereocenters. The van der Waals surface area contributed by atoms with Crippen molar-refractivity contribution < 1.29 is 8.42 Å². The van der Waals surface area contributed by atoms with Crippen LogP contribution in [0.3, 0.4) is 0 Å². The number of benzene rings is 1. The van der Waals surface area contributed by atoms with Gasteiger partial charge >= 0.3 is 0 Å². The van der Waals surface area contributed by atoms with Crippen LogP contribution in [0.25, 0.3) is 0 Å². The minimum absolute atomic E-state index is 0.127. The van der Waals surface area contributed by atoms with E-state index in [1.807, 2.05) is 22.6 Å². The summed E-state index contributed by atoms with van der Waals surface area (Å²) < 4.78 is 23.0. The first-order valence-corrected chi connectivity index (χ1v) is 6.08. The predicted octanol–water partition coefficient (Wildman–Crippen LogP) is 0.980. The highest BCUT2D eigenvalue weighted by atomic mass is 127. The number of sulfonamides is 1. The molecular weight excluding hydrogens is 303 g/mol. The van der Waals surface area contributed by atoms with Gasteiger partial charge in [-0.1, -0.05) is 6.07 Å². The van der Waals surface area contributed by atoms with Crippen molar-refractivity contribution in [3.8, 4) is 0 Å². The van der Waals surface area contributed by atoms with Gasteiger partial charge in [0.15, 0.2) is 0 Å². The van der Waals surface area contributed by atoms with Crippen LogP contribution >= 0.6 is 22.6 Å². The van der Waals surface area contributed by atoms with E-state index in [0.717, 1.165) is 3.57 Å². The van der Waals surface area contributed by atoms with Crippen LogP contribution in [0.15, 0.2) is 23.1 Å². The average Bonchev–Trinajstić information content (AvgIpc) is 2.02. The number of nitrogens with one attached hydrogen (secondary N) is 1. The fourth-order valence-electron chi connectivity index (χ4n) is 0.984. The molecule has 0 aliphatic rings. The van der Waals surface area contributed by atoms with Gasteiger partial charge in [-0.2, -0.15) is 0 Å². The Kier molecular flexibility index (Phi) is 3.14. The molecule has 0 spiro atoms. The lowest BCUT2D eigenvalue weighted by Crippen LogP contribution is -2.14. The largest absolute Gasteiger partial charge is 0.386 e. The molecule has 13 heavy (non-hydrogen) atoms. The maximum atomic E-state index is 11.1. The number of rotatable bonds is 2. The topological polar surface area (TPSA) is 72.2 Å². The van der Waals surface area contributed by atoms with Crippen LogP contribution in [0.2, 0.25) is 0 Å². The molecule has 0 radical (unpaired) electrons. The van der Waals surface area contributed by atoms with E-state index in [4.69, 9.17) is 5.14 Å². The molecule has 0 aliphatic carbocycles. The molecular formula is C7H9IN2O2S. The van der Waals surface area contributed by atoms with Gasteiger partial charge in [0.05, 0.1) is 5.69 Å². The molecule has 0 saturated carbocycles. The summed E-state index contributed by atoms with van der Waals surface area (Å²) in [6.45, 7) is 0. The quantitative estimate of drug-likeness (QED) is 0.800. The fourth-order valence-corrected chi connectivity index (χ4v) is 2.70. The number of anilines is 1. The maximum Gasteiger partial charge on any atom is 0.240 e.